The molecule has 3 nitrogen and oxygen atoms in total. The van der Waals surface area contributed by atoms with Crippen LogP contribution in [0.3, 0.4) is 0 Å². The van der Waals surface area contributed by atoms with Crippen molar-refractivity contribution >= 4 is 11.3 Å². The lowest BCUT2D eigenvalue weighted by molar-refractivity contribution is 0.189. The van der Waals surface area contributed by atoms with Crippen LogP contribution in [0.5, 0.6) is 0 Å². The largest absolute Gasteiger partial charge is 0.386 e. The van der Waals surface area contributed by atoms with E-state index in [1.165, 1.54) is 0 Å². The van der Waals surface area contributed by atoms with E-state index in [1.807, 2.05) is 6.92 Å². The van der Waals surface area contributed by atoms with Crippen molar-refractivity contribution in [2.45, 2.75) is 39.2 Å². The lowest BCUT2D eigenvalue weighted by Crippen LogP contribution is -2.11. The molecule has 14 heavy (non-hydrogen) atoms. The highest BCUT2D eigenvalue weighted by Crippen LogP contribution is 2.32. The number of aryl methyl sites for hydroxylation is 1. The Morgan fingerprint density at radius 2 is 2.07 bits per heavy atom. The molecule has 0 aromatic carbocycles. The van der Waals surface area contributed by atoms with E-state index < -0.39 is 6.10 Å². The lowest BCUT2D eigenvalue weighted by Gasteiger charge is -2.13. The van der Waals surface area contributed by atoms with Crippen LogP contribution >= 0.6 is 11.3 Å². The molecule has 80 valence electrons. The van der Waals surface area contributed by atoms with Gasteiger partial charge in [0, 0.05) is 12.0 Å². The molecule has 1 aromatic rings. The van der Waals surface area contributed by atoms with E-state index in [0.29, 0.717) is 0 Å². The molecule has 4 heteroatoms. The summed E-state index contributed by atoms with van der Waals surface area (Å²) in [6.45, 7) is 8.52. The van der Waals surface area contributed by atoms with Gasteiger partial charge in [0.2, 0.25) is 0 Å². The quantitative estimate of drug-likeness (QED) is 0.788. The summed E-state index contributed by atoms with van der Waals surface area (Å²) in [7, 11) is 0. The highest BCUT2D eigenvalue weighted by atomic mass is 32.1. The Labute approximate surface area is 89.0 Å². The number of hydrogen-bond donors (Lipinski definition) is 2. The van der Waals surface area contributed by atoms with Gasteiger partial charge in [-0.25, -0.2) is 4.98 Å². The van der Waals surface area contributed by atoms with Crippen molar-refractivity contribution in [1.82, 2.24) is 4.98 Å². The zero-order chi connectivity index (χ0) is 10.9. The number of aromatic nitrogens is 1. The van der Waals surface area contributed by atoms with Gasteiger partial charge in [-0.3, -0.25) is 0 Å². The van der Waals surface area contributed by atoms with Crippen LogP contribution in [0, 0.1) is 6.92 Å². The SMILES string of the molecule is Cc1nc(C(C)(C)C)sc1C(O)CN. The van der Waals surface area contributed by atoms with Gasteiger partial charge in [0.25, 0.3) is 0 Å². The second-order valence-corrected chi connectivity index (χ2v) is 5.50. The van der Waals surface area contributed by atoms with E-state index in [-0.39, 0.29) is 12.0 Å². The zero-order valence-corrected chi connectivity index (χ0v) is 9.98. The third-order valence-corrected chi connectivity index (χ3v) is 3.68. The fourth-order valence-corrected chi connectivity index (χ4v) is 2.27. The number of aliphatic hydroxyl groups is 1. The third-order valence-electron chi connectivity index (χ3n) is 2.00. The van der Waals surface area contributed by atoms with Gasteiger partial charge in [-0.15, -0.1) is 11.3 Å². The van der Waals surface area contributed by atoms with E-state index >= 15 is 0 Å². The van der Waals surface area contributed by atoms with Gasteiger partial charge < -0.3 is 10.8 Å². The van der Waals surface area contributed by atoms with Crippen molar-refractivity contribution < 1.29 is 5.11 Å². The minimum Gasteiger partial charge on any atom is -0.386 e. The molecule has 3 N–H and O–H groups in total. The van der Waals surface area contributed by atoms with Crippen LogP contribution < -0.4 is 5.73 Å². The van der Waals surface area contributed by atoms with Crippen LogP contribution in [-0.2, 0) is 5.41 Å². The molecule has 0 radical (unpaired) electrons. The predicted molar refractivity (Wildman–Crippen MR) is 59.6 cm³/mol. The molecule has 0 aliphatic rings. The first-order chi connectivity index (χ1) is 6.36. The molecule has 0 aliphatic heterocycles. The molecular formula is C10H18N2OS. The van der Waals surface area contributed by atoms with E-state index in [4.69, 9.17) is 5.73 Å². The van der Waals surface area contributed by atoms with Crippen LogP contribution in [0.15, 0.2) is 0 Å². The maximum Gasteiger partial charge on any atom is 0.102 e. The molecule has 0 aliphatic carbocycles. The van der Waals surface area contributed by atoms with Gasteiger partial charge in [-0.2, -0.15) is 0 Å². The lowest BCUT2D eigenvalue weighted by atomic mass is 9.98. The van der Waals surface area contributed by atoms with Gasteiger partial charge in [-0.1, -0.05) is 20.8 Å². The minimum atomic E-state index is -0.566. The van der Waals surface area contributed by atoms with Crippen molar-refractivity contribution in [1.29, 1.82) is 0 Å². The fraction of sp³-hybridized carbons (Fsp3) is 0.700. The molecule has 1 aromatic heterocycles. The van der Waals surface area contributed by atoms with Gasteiger partial charge in [0.15, 0.2) is 0 Å². The molecule has 0 spiro atoms. The number of hydrogen-bond acceptors (Lipinski definition) is 4. The second-order valence-electron chi connectivity index (χ2n) is 4.47. The fourth-order valence-electron chi connectivity index (χ4n) is 1.15. The monoisotopic (exact) mass is 214 g/mol. The third kappa shape index (κ3) is 2.32. The predicted octanol–water partition coefficient (Wildman–Crippen LogP) is 1.74. The van der Waals surface area contributed by atoms with Crippen molar-refractivity contribution in [3.63, 3.8) is 0 Å². The highest BCUT2D eigenvalue weighted by molar-refractivity contribution is 7.12. The first kappa shape index (κ1) is 11.6. The van der Waals surface area contributed by atoms with Crippen LogP contribution in [0.25, 0.3) is 0 Å². The number of nitrogens with zero attached hydrogens (tertiary/aromatic N) is 1. The average Bonchev–Trinajstić information content (AvgIpc) is 2.45. The van der Waals surface area contributed by atoms with Crippen molar-refractivity contribution in [3.8, 4) is 0 Å². The summed E-state index contributed by atoms with van der Waals surface area (Å²) in [5.41, 5.74) is 6.36. The second kappa shape index (κ2) is 3.96. The van der Waals surface area contributed by atoms with Gasteiger partial charge in [-0.05, 0) is 6.92 Å². The summed E-state index contributed by atoms with van der Waals surface area (Å²) < 4.78 is 0. The molecule has 0 fully saturated rings. The topological polar surface area (TPSA) is 59.1 Å². The van der Waals surface area contributed by atoms with Crippen molar-refractivity contribution in [2.24, 2.45) is 5.73 Å². The van der Waals surface area contributed by atoms with E-state index in [0.717, 1.165) is 15.6 Å². The molecule has 1 heterocycles. The number of thiazole rings is 1. The molecular weight excluding hydrogens is 196 g/mol. The van der Waals surface area contributed by atoms with Crippen LogP contribution in [-0.4, -0.2) is 16.6 Å². The van der Waals surface area contributed by atoms with Crippen LogP contribution in [0.4, 0.5) is 0 Å². The van der Waals surface area contributed by atoms with E-state index in [2.05, 4.69) is 25.8 Å². The maximum absolute atomic E-state index is 9.63. The number of rotatable bonds is 2. The summed E-state index contributed by atoms with van der Waals surface area (Å²) in [4.78, 5) is 5.35. The Balaban J connectivity index is 3.05. The zero-order valence-electron chi connectivity index (χ0n) is 9.16. The van der Waals surface area contributed by atoms with Gasteiger partial charge in [0.05, 0.1) is 15.6 Å². The van der Waals surface area contributed by atoms with Crippen molar-refractivity contribution in [3.05, 3.63) is 15.6 Å². The Kier molecular flexibility index (Phi) is 3.29. The molecule has 1 unspecified atom stereocenters. The molecule has 0 bridgehead atoms. The standard InChI is InChI=1S/C10H18N2OS/c1-6-8(7(13)5-11)14-9(12-6)10(2,3)4/h7,13H,5,11H2,1-4H3. The van der Waals surface area contributed by atoms with Crippen molar-refractivity contribution in [2.75, 3.05) is 6.54 Å². The minimum absolute atomic E-state index is 0.0436. The van der Waals surface area contributed by atoms with Gasteiger partial charge in [0.1, 0.15) is 6.10 Å². The summed E-state index contributed by atoms with van der Waals surface area (Å²) in [5.74, 6) is 0. The van der Waals surface area contributed by atoms with Crippen LogP contribution in [0.1, 0.15) is 42.5 Å². The van der Waals surface area contributed by atoms with E-state index in [1.54, 1.807) is 11.3 Å². The Morgan fingerprint density at radius 3 is 2.43 bits per heavy atom. The summed E-state index contributed by atoms with van der Waals surface area (Å²) in [6, 6.07) is 0. The maximum atomic E-state index is 9.63. The Bertz CT molecular complexity index is 314. The number of nitrogens with two attached hydrogens (primary N) is 1. The first-order valence-corrected chi connectivity index (χ1v) is 5.54. The molecule has 0 saturated heterocycles. The van der Waals surface area contributed by atoms with Gasteiger partial charge >= 0.3 is 0 Å². The Morgan fingerprint density at radius 1 is 1.50 bits per heavy atom. The van der Waals surface area contributed by atoms with E-state index in [9.17, 15) is 5.11 Å². The smallest absolute Gasteiger partial charge is 0.102 e. The molecule has 0 saturated carbocycles. The normalized spacial score (nSPS) is 14.4. The summed E-state index contributed by atoms with van der Waals surface area (Å²) >= 11 is 1.56. The summed E-state index contributed by atoms with van der Waals surface area (Å²) in [5, 5.41) is 10.7. The highest BCUT2D eigenvalue weighted by Gasteiger charge is 2.22. The first-order valence-electron chi connectivity index (χ1n) is 4.72. The number of aliphatic hydroxyl groups excluding tert-OH is 1. The molecule has 0 amide bonds. The Hall–Kier alpha value is -0.450. The van der Waals surface area contributed by atoms with Crippen LogP contribution in [0.2, 0.25) is 0 Å². The molecule has 1 rings (SSSR count). The molecule has 1 atom stereocenters. The summed E-state index contributed by atoms with van der Waals surface area (Å²) in [6.07, 6.45) is -0.566. The average molecular weight is 214 g/mol.